The molecule has 0 bridgehead atoms. The number of halogens is 1. The maximum Gasteiger partial charge on any atom is 0.337 e. The third-order valence-corrected chi connectivity index (χ3v) is 3.96. The Morgan fingerprint density at radius 2 is 2.10 bits per heavy atom. The summed E-state index contributed by atoms with van der Waals surface area (Å²) in [6, 6.07) is 4.46. The van der Waals surface area contributed by atoms with Crippen LogP contribution in [0.25, 0.3) is 0 Å². The molecular weight excluding hydrogens is 289 g/mol. The van der Waals surface area contributed by atoms with Crippen LogP contribution in [0.2, 0.25) is 0 Å². The number of hydrogen-bond acceptors (Lipinski definition) is 4. The summed E-state index contributed by atoms with van der Waals surface area (Å²) in [6.45, 7) is 0. The van der Waals surface area contributed by atoms with E-state index in [2.05, 4.69) is 5.10 Å². The van der Waals surface area contributed by atoms with E-state index in [1.807, 2.05) is 4.72 Å². The number of nitrogens with one attached hydrogen (secondary N) is 1. The van der Waals surface area contributed by atoms with Gasteiger partial charge >= 0.3 is 5.97 Å². The Balaban J connectivity index is 2.50. The zero-order chi connectivity index (χ0) is 14.9. The third-order valence-electron chi connectivity index (χ3n) is 2.53. The molecule has 7 nitrogen and oxygen atoms in total. The highest BCUT2D eigenvalue weighted by atomic mass is 32.2. The van der Waals surface area contributed by atoms with Gasteiger partial charge in [0.05, 0.1) is 17.4 Å². The Bertz CT molecular complexity index is 770. The first-order valence-electron chi connectivity index (χ1n) is 5.35. The van der Waals surface area contributed by atoms with Crippen LogP contribution in [0.3, 0.4) is 0 Å². The molecule has 2 aromatic rings. The van der Waals surface area contributed by atoms with E-state index in [-0.39, 0.29) is 5.03 Å². The fourth-order valence-corrected chi connectivity index (χ4v) is 2.83. The zero-order valence-corrected chi connectivity index (χ0v) is 11.1. The number of aromatic carboxylic acids is 1. The number of para-hydroxylation sites is 1. The van der Waals surface area contributed by atoms with Gasteiger partial charge in [0, 0.05) is 7.05 Å². The van der Waals surface area contributed by atoms with Crippen molar-refractivity contribution >= 4 is 21.7 Å². The summed E-state index contributed by atoms with van der Waals surface area (Å²) >= 11 is 0. The minimum Gasteiger partial charge on any atom is -0.478 e. The van der Waals surface area contributed by atoms with Crippen LogP contribution in [0.4, 0.5) is 10.1 Å². The van der Waals surface area contributed by atoms with Crippen molar-refractivity contribution in [2.24, 2.45) is 7.05 Å². The monoisotopic (exact) mass is 299 g/mol. The smallest absolute Gasteiger partial charge is 0.337 e. The molecule has 2 N–H and O–H groups in total. The van der Waals surface area contributed by atoms with E-state index in [1.165, 1.54) is 25.4 Å². The second kappa shape index (κ2) is 4.93. The molecule has 0 fully saturated rings. The number of carbonyl (C=O) groups is 1. The van der Waals surface area contributed by atoms with Gasteiger partial charge in [-0.3, -0.25) is 9.40 Å². The summed E-state index contributed by atoms with van der Waals surface area (Å²) in [5.41, 5.74) is -1.09. The Morgan fingerprint density at radius 1 is 1.40 bits per heavy atom. The number of sulfonamides is 1. The predicted octanol–water partition coefficient (Wildman–Crippen LogP) is 1.06. The average molecular weight is 299 g/mol. The van der Waals surface area contributed by atoms with Crippen LogP contribution < -0.4 is 4.72 Å². The molecule has 0 aliphatic heterocycles. The molecule has 0 aliphatic rings. The van der Waals surface area contributed by atoms with Gasteiger partial charge in [-0.15, -0.1) is 0 Å². The average Bonchev–Trinajstić information content (AvgIpc) is 2.78. The van der Waals surface area contributed by atoms with Gasteiger partial charge in [-0.05, 0) is 18.2 Å². The summed E-state index contributed by atoms with van der Waals surface area (Å²) in [6.07, 6.45) is 1.26. The van der Waals surface area contributed by atoms with Gasteiger partial charge in [-0.1, -0.05) is 6.07 Å². The SMILES string of the molecule is Cn1nccc1S(=O)(=O)Nc1c(F)cccc1C(=O)O. The molecule has 0 radical (unpaired) electrons. The molecule has 1 heterocycles. The molecule has 106 valence electrons. The van der Waals surface area contributed by atoms with E-state index in [1.54, 1.807) is 0 Å². The van der Waals surface area contributed by atoms with E-state index in [0.29, 0.717) is 0 Å². The second-order valence-electron chi connectivity index (χ2n) is 3.87. The molecule has 9 heteroatoms. The van der Waals surface area contributed by atoms with Crippen molar-refractivity contribution in [1.29, 1.82) is 0 Å². The highest BCUT2D eigenvalue weighted by Gasteiger charge is 2.23. The molecule has 0 saturated carbocycles. The minimum atomic E-state index is -4.13. The minimum absolute atomic E-state index is 0.211. The van der Waals surface area contributed by atoms with Gasteiger partial charge in [0.25, 0.3) is 10.0 Å². The topological polar surface area (TPSA) is 101 Å². The Labute approximate surface area is 113 Å². The van der Waals surface area contributed by atoms with Crippen molar-refractivity contribution in [2.45, 2.75) is 5.03 Å². The summed E-state index contributed by atoms with van der Waals surface area (Å²) in [4.78, 5) is 11.0. The van der Waals surface area contributed by atoms with Crippen molar-refractivity contribution in [3.8, 4) is 0 Å². The van der Waals surface area contributed by atoms with Gasteiger partial charge in [0.2, 0.25) is 0 Å². The van der Waals surface area contributed by atoms with Gasteiger partial charge < -0.3 is 5.11 Å². The lowest BCUT2D eigenvalue weighted by atomic mass is 10.2. The lowest BCUT2D eigenvalue weighted by molar-refractivity contribution is 0.0697. The zero-order valence-electron chi connectivity index (χ0n) is 10.2. The number of rotatable bonds is 4. The number of aryl methyl sites for hydroxylation is 1. The Kier molecular flexibility index (Phi) is 3.45. The number of nitrogens with zero attached hydrogens (tertiary/aromatic N) is 2. The van der Waals surface area contributed by atoms with Crippen molar-refractivity contribution < 1.29 is 22.7 Å². The fraction of sp³-hybridized carbons (Fsp3) is 0.0909. The van der Waals surface area contributed by atoms with Gasteiger partial charge in [0.15, 0.2) is 5.03 Å². The van der Waals surface area contributed by atoms with E-state index in [4.69, 9.17) is 5.11 Å². The largest absolute Gasteiger partial charge is 0.478 e. The van der Waals surface area contributed by atoms with Crippen LogP contribution in [-0.4, -0.2) is 29.3 Å². The number of benzene rings is 1. The molecule has 20 heavy (non-hydrogen) atoms. The summed E-state index contributed by atoms with van der Waals surface area (Å²) in [5, 5.41) is 12.4. The molecule has 2 rings (SSSR count). The first kappa shape index (κ1) is 14.0. The molecule has 0 unspecified atom stereocenters. The molecule has 0 spiro atoms. The standard InChI is InChI=1S/C11H10FN3O4S/c1-15-9(5-6-13-15)20(18,19)14-10-7(11(16)17)3-2-4-8(10)12/h2-6,14H,1H3,(H,16,17). The maximum atomic E-state index is 13.7. The second-order valence-corrected chi connectivity index (χ2v) is 5.50. The molecular formula is C11H10FN3O4S. The molecule has 1 aromatic carbocycles. The Morgan fingerprint density at radius 3 is 2.65 bits per heavy atom. The molecule has 0 aliphatic carbocycles. The highest BCUT2D eigenvalue weighted by molar-refractivity contribution is 7.92. The molecule has 0 atom stereocenters. The van der Waals surface area contributed by atoms with Crippen molar-refractivity contribution in [3.05, 3.63) is 41.8 Å². The van der Waals surface area contributed by atoms with Crippen LogP contribution in [0.5, 0.6) is 0 Å². The molecule has 0 saturated heterocycles. The van der Waals surface area contributed by atoms with Crippen LogP contribution in [-0.2, 0) is 17.1 Å². The normalized spacial score (nSPS) is 11.3. The first-order valence-corrected chi connectivity index (χ1v) is 6.84. The van der Waals surface area contributed by atoms with E-state index in [0.717, 1.165) is 16.8 Å². The van der Waals surface area contributed by atoms with E-state index < -0.39 is 33.1 Å². The van der Waals surface area contributed by atoms with Crippen LogP contribution in [0.1, 0.15) is 10.4 Å². The number of hydrogen-bond donors (Lipinski definition) is 2. The quantitative estimate of drug-likeness (QED) is 0.879. The van der Waals surface area contributed by atoms with Crippen LogP contribution >= 0.6 is 0 Å². The summed E-state index contributed by atoms with van der Waals surface area (Å²) in [5.74, 6) is -2.41. The predicted molar refractivity (Wildman–Crippen MR) is 67.4 cm³/mol. The number of anilines is 1. The van der Waals surface area contributed by atoms with E-state index in [9.17, 15) is 17.6 Å². The summed E-state index contributed by atoms with van der Waals surface area (Å²) < 4.78 is 40.8. The van der Waals surface area contributed by atoms with Crippen LogP contribution in [0.15, 0.2) is 35.5 Å². The van der Waals surface area contributed by atoms with Gasteiger partial charge in [0.1, 0.15) is 5.82 Å². The number of carboxylic acid groups (broad SMARTS) is 1. The lowest BCUT2D eigenvalue weighted by Gasteiger charge is -2.11. The third kappa shape index (κ3) is 2.48. The van der Waals surface area contributed by atoms with Crippen molar-refractivity contribution in [2.75, 3.05) is 4.72 Å². The maximum absolute atomic E-state index is 13.7. The highest BCUT2D eigenvalue weighted by Crippen LogP contribution is 2.23. The van der Waals surface area contributed by atoms with Crippen molar-refractivity contribution in [3.63, 3.8) is 0 Å². The van der Waals surface area contributed by atoms with Gasteiger partial charge in [-0.25, -0.2) is 9.18 Å². The van der Waals surface area contributed by atoms with E-state index >= 15 is 0 Å². The number of carboxylic acids is 1. The van der Waals surface area contributed by atoms with Crippen molar-refractivity contribution in [1.82, 2.24) is 9.78 Å². The molecule has 1 aromatic heterocycles. The van der Waals surface area contributed by atoms with Crippen LogP contribution in [0, 0.1) is 5.82 Å². The fourth-order valence-electron chi connectivity index (χ4n) is 1.62. The Hall–Kier alpha value is -2.42. The summed E-state index contributed by atoms with van der Waals surface area (Å²) in [7, 11) is -2.74. The number of aromatic nitrogens is 2. The molecule has 0 amide bonds. The first-order chi connectivity index (χ1) is 9.33. The van der Waals surface area contributed by atoms with Gasteiger partial charge in [-0.2, -0.15) is 13.5 Å². The lowest BCUT2D eigenvalue weighted by Crippen LogP contribution is -2.19.